The van der Waals surface area contributed by atoms with E-state index in [1.165, 1.54) is 17.6 Å². The van der Waals surface area contributed by atoms with E-state index >= 15 is 0 Å². The largest absolute Gasteiger partial charge is 0.373 e. The minimum atomic E-state index is -3.22. The summed E-state index contributed by atoms with van der Waals surface area (Å²) in [6.45, 7) is 1.71. The van der Waals surface area contributed by atoms with Crippen LogP contribution < -0.4 is 4.72 Å². The minimum Gasteiger partial charge on any atom is -0.373 e. The Bertz CT molecular complexity index is 644. The molecule has 1 N–H and O–H groups in total. The van der Waals surface area contributed by atoms with Gasteiger partial charge < -0.3 is 9.64 Å². The molecule has 2 fully saturated rings. The molecule has 0 bridgehead atoms. The molecule has 1 spiro atoms. The Morgan fingerprint density at radius 3 is 3.05 bits per heavy atom. The lowest BCUT2D eigenvalue weighted by Gasteiger charge is -2.38. The molecule has 3 rings (SSSR count). The average molecular weight is 344 g/mol. The molecule has 2 aliphatic heterocycles. The third kappa shape index (κ3) is 3.51. The van der Waals surface area contributed by atoms with Crippen LogP contribution in [0.1, 0.15) is 29.6 Å². The predicted octanol–water partition coefficient (Wildman–Crippen LogP) is 1.06. The third-order valence-corrected chi connectivity index (χ3v) is 5.69. The third-order valence-electron chi connectivity index (χ3n) is 4.25. The summed E-state index contributed by atoms with van der Waals surface area (Å²) in [5.74, 6) is 0.0277. The van der Waals surface area contributed by atoms with Crippen molar-refractivity contribution in [3.63, 3.8) is 0 Å². The van der Waals surface area contributed by atoms with Gasteiger partial charge >= 0.3 is 0 Å². The number of hydrogen-bond donors (Lipinski definition) is 1. The number of carbonyl (C=O) groups excluding carboxylic acids is 1. The highest BCUT2D eigenvalue weighted by Crippen LogP contribution is 2.35. The standard InChI is InChI=1S/C14H20N2O4S2/c1-22(18,19)15-12-2-6-20-14(8-12)4-5-16(10-14)13(17)11-3-7-21-9-11/h3,7,9,12,15H,2,4-6,8,10H2,1H3/t12-,14-/m1/s1. The number of amides is 1. The van der Waals surface area contributed by atoms with Crippen molar-refractivity contribution in [2.45, 2.75) is 30.9 Å². The fourth-order valence-corrected chi connectivity index (χ4v) is 4.74. The second-order valence-electron chi connectivity index (χ2n) is 6.10. The summed E-state index contributed by atoms with van der Waals surface area (Å²) >= 11 is 1.51. The van der Waals surface area contributed by atoms with Gasteiger partial charge in [-0.25, -0.2) is 13.1 Å². The fourth-order valence-electron chi connectivity index (χ4n) is 3.30. The number of likely N-dealkylation sites (tertiary alicyclic amines) is 1. The van der Waals surface area contributed by atoms with Crippen LogP contribution in [0.4, 0.5) is 0 Å². The molecular formula is C14H20N2O4S2. The lowest BCUT2D eigenvalue weighted by Crippen LogP contribution is -2.50. The van der Waals surface area contributed by atoms with E-state index in [0.717, 1.165) is 6.42 Å². The highest BCUT2D eigenvalue weighted by atomic mass is 32.2. The van der Waals surface area contributed by atoms with Crippen LogP contribution in [-0.4, -0.2) is 56.8 Å². The molecule has 1 aromatic heterocycles. The van der Waals surface area contributed by atoms with Crippen LogP contribution in [0.25, 0.3) is 0 Å². The molecule has 1 amide bonds. The first-order valence-electron chi connectivity index (χ1n) is 7.30. The molecule has 3 heterocycles. The van der Waals surface area contributed by atoms with Crippen molar-refractivity contribution in [1.29, 1.82) is 0 Å². The van der Waals surface area contributed by atoms with Crippen LogP contribution in [0.15, 0.2) is 16.8 Å². The number of ether oxygens (including phenoxy) is 1. The van der Waals surface area contributed by atoms with Gasteiger partial charge in [-0.15, -0.1) is 0 Å². The maximum Gasteiger partial charge on any atom is 0.254 e. The zero-order chi connectivity index (χ0) is 15.8. The molecule has 122 valence electrons. The Balaban J connectivity index is 1.66. The van der Waals surface area contributed by atoms with Crippen molar-refractivity contribution >= 4 is 27.3 Å². The molecule has 0 aliphatic carbocycles. The highest BCUT2D eigenvalue weighted by molar-refractivity contribution is 7.88. The van der Waals surface area contributed by atoms with Crippen molar-refractivity contribution in [3.05, 3.63) is 22.4 Å². The lowest BCUT2D eigenvalue weighted by atomic mass is 9.90. The van der Waals surface area contributed by atoms with Crippen LogP contribution in [-0.2, 0) is 14.8 Å². The maximum absolute atomic E-state index is 12.4. The minimum absolute atomic E-state index is 0.0277. The van der Waals surface area contributed by atoms with Gasteiger partial charge in [-0.05, 0) is 30.7 Å². The number of rotatable bonds is 3. The summed E-state index contributed by atoms with van der Waals surface area (Å²) in [4.78, 5) is 14.2. The molecule has 0 unspecified atom stereocenters. The van der Waals surface area contributed by atoms with Gasteiger partial charge in [0.25, 0.3) is 5.91 Å². The van der Waals surface area contributed by atoms with Crippen molar-refractivity contribution in [2.24, 2.45) is 0 Å². The zero-order valence-electron chi connectivity index (χ0n) is 12.4. The second-order valence-corrected chi connectivity index (χ2v) is 8.66. The average Bonchev–Trinajstić information content (AvgIpc) is 3.06. The van der Waals surface area contributed by atoms with Gasteiger partial charge in [-0.3, -0.25) is 4.79 Å². The molecule has 0 aromatic carbocycles. The summed E-state index contributed by atoms with van der Waals surface area (Å²) in [7, 11) is -3.22. The van der Waals surface area contributed by atoms with E-state index in [2.05, 4.69) is 4.72 Å². The molecule has 0 radical (unpaired) electrons. The molecule has 8 heteroatoms. The number of sulfonamides is 1. The second kappa shape index (κ2) is 5.92. The smallest absolute Gasteiger partial charge is 0.254 e. The number of carbonyl (C=O) groups is 1. The summed E-state index contributed by atoms with van der Waals surface area (Å²) in [6.07, 6.45) is 3.22. The van der Waals surface area contributed by atoms with E-state index in [1.54, 1.807) is 0 Å². The van der Waals surface area contributed by atoms with Crippen LogP contribution in [0, 0.1) is 0 Å². The maximum atomic E-state index is 12.4. The first kappa shape index (κ1) is 15.9. The molecule has 2 atom stereocenters. The summed E-state index contributed by atoms with van der Waals surface area (Å²) in [5, 5.41) is 3.74. The Morgan fingerprint density at radius 1 is 1.55 bits per heavy atom. The molecule has 2 aliphatic rings. The van der Waals surface area contributed by atoms with Gasteiger partial charge in [0.1, 0.15) is 0 Å². The van der Waals surface area contributed by atoms with Gasteiger partial charge in [0.15, 0.2) is 0 Å². The van der Waals surface area contributed by atoms with Gasteiger partial charge in [-0.2, -0.15) is 11.3 Å². The van der Waals surface area contributed by atoms with Crippen molar-refractivity contribution in [3.8, 4) is 0 Å². The summed E-state index contributed by atoms with van der Waals surface area (Å²) in [5.41, 5.74) is 0.301. The Hall–Kier alpha value is -0.960. The quantitative estimate of drug-likeness (QED) is 0.890. The van der Waals surface area contributed by atoms with E-state index in [4.69, 9.17) is 4.74 Å². The van der Waals surface area contributed by atoms with Crippen molar-refractivity contribution in [1.82, 2.24) is 9.62 Å². The van der Waals surface area contributed by atoms with E-state index < -0.39 is 15.6 Å². The first-order chi connectivity index (χ1) is 10.4. The van der Waals surface area contributed by atoms with E-state index in [9.17, 15) is 13.2 Å². The molecule has 2 saturated heterocycles. The molecule has 0 saturated carbocycles. The number of thiophene rings is 1. The number of nitrogens with one attached hydrogen (secondary N) is 1. The first-order valence-corrected chi connectivity index (χ1v) is 10.1. The van der Waals surface area contributed by atoms with Crippen LogP contribution >= 0.6 is 11.3 Å². The van der Waals surface area contributed by atoms with Gasteiger partial charge in [0.05, 0.1) is 24.0 Å². The summed E-state index contributed by atoms with van der Waals surface area (Å²) < 4.78 is 31.4. The number of nitrogens with zero attached hydrogens (tertiary/aromatic N) is 1. The highest BCUT2D eigenvalue weighted by Gasteiger charge is 2.45. The normalized spacial score (nSPS) is 29.1. The molecule has 1 aromatic rings. The molecule has 6 nitrogen and oxygen atoms in total. The Morgan fingerprint density at radius 2 is 2.36 bits per heavy atom. The van der Waals surface area contributed by atoms with Crippen molar-refractivity contribution < 1.29 is 17.9 Å². The van der Waals surface area contributed by atoms with Crippen molar-refractivity contribution in [2.75, 3.05) is 26.0 Å². The Kier molecular flexibility index (Phi) is 4.28. The number of hydrogen-bond acceptors (Lipinski definition) is 5. The molecular weight excluding hydrogens is 324 g/mol. The molecule has 22 heavy (non-hydrogen) atoms. The zero-order valence-corrected chi connectivity index (χ0v) is 14.1. The SMILES string of the molecule is CS(=O)(=O)N[C@@H]1CCO[C@]2(CCN(C(=O)c3ccsc3)C2)C1. The lowest BCUT2D eigenvalue weighted by molar-refractivity contribution is -0.0763. The van der Waals surface area contributed by atoms with E-state index in [-0.39, 0.29) is 11.9 Å². The Labute approximate surface area is 134 Å². The topological polar surface area (TPSA) is 75.7 Å². The van der Waals surface area contributed by atoms with Gasteiger partial charge in [0.2, 0.25) is 10.0 Å². The van der Waals surface area contributed by atoms with Gasteiger partial charge in [-0.1, -0.05) is 0 Å². The van der Waals surface area contributed by atoms with E-state index in [1.807, 2.05) is 21.7 Å². The van der Waals surface area contributed by atoms with Crippen LogP contribution in [0.2, 0.25) is 0 Å². The van der Waals surface area contributed by atoms with Crippen LogP contribution in [0.5, 0.6) is 0 Å². The predicted molar refractivity (Wildman–Crippen MR) is 84.5 cm³/mol. The van der Waals surface area contributed by atoms with Gasteiger partial charge in [0, 0.05) is 24.6 Å². The monoisotopic (exact) mass is 344 g/mol. The van der Waals surface area contributed by atoms with E-state index in [0.29, 0.717) is 38.1 Å². The van der Waals surface area contributed by atoms with Crippen LogP contribution in [0.3, 0.4) is 0 Å². The fraction of sp³-hybridized carbons (Fsp3) is 0.643. The summed E-state index contributed by atoms with van der Waals surface area (Å²) in [6, 6.07) is 1.72.